The molecule has 1 aliphatic rings. The van der Waals surface area contributed by atoms with Gasteiger partial charge in [-0.25, -0.2) is 0 Å². The van der Waals surface area contributed by atoms with Gasteiger partial charge < -0.3 is 20.7 Å². The van der Waals surface area contributed by atoms with Crippen molar-refractivity contribution in [3.63, 3.8) is 0 Å². The van der Waals surface area contributed by atoms with Crippen LogP contribution in [0.25, 0.3) is 0 Å². The monoisotopic (exact) mass is 223 g/mol. The van der Waals surface area contributed by atoms with Gasteiger partial charge in [-0.15, -0.1) is 0 Å². The molecular formula is C11H13NO4. The molecule has 0 saturated carbocycles. The molecule has 5 heteroatoms. The van der Waals surface area contributed by atoms with E-state index < -0.39 is 11.9 Å². The number of phenolic OH excluding ortho intramolecular Hbond substituents is 1. The minimum atomic E-state index is -1.03. The van der Waals surface area contributed by atoms with E-state index in [0.717, 1.165) is 11.1 Å². The molecule has 1 aromatic carbocycles. The molecular weight excluding hydrogens is 210 g/mol. The summed E-state index contributed by atoms with van der Waals surface area (Å²) in [6.07, 6.45) is 0. The fraction of sp³-hybridized carbons (Fsp3) is 0.364. The minimum Gasteiger partial charge on any atom is -0.508 e. The highest BCUT2D eigenvalue weighted by molar-refractivity contribution is 5.78. The van der Waals surface area contributed by atoms with Crippen LogP contribution in [0, 0.1) is 0 Å². The zero-order valence-electron chi connectivity index (χ0n) is 8.64. The van der Waals surface area contributed by atoms with E-state index in [1.54, 1.807) is 6.07 Å². The van der Waals surface area contributed by atoms with E-state index in [9.17, 15) is 9.90 Å². The van der Waals surface area contributed by atoms with E-state index in [0.29, 0.717) is 18.8 Å². The number of carboxylic acids is 1. The quantitative estimate of drug-likeness (QED) is 0.695. The molecule has 0 aliphatic carbocycles. The molecule has 1 atom stereocenters. The molecule has 0 saturated heterocycles. The molecule has 1 aliphatic heterocycles. The molecule has 1 unspecified atom stereocenters. The Morgan fingerprint density at radius 3 is 2.88 bits per heavy atom. The predicted molar refractivity (Wildman–Crippen MR) is 56.0 cm³/mol. The molecule has 0 bridgehead atoms. The largest absolute Gasteiger partial charge is 0.508 e. The highest BCUT2D eigenvalue weighted by atomic mass is 16.5. The summed E-state index contributed by atoms with van der Waals surface area (Å²) in [4.78, 5) is 11.1. The van der Waals surface area contributed by atoms with E-state index in [4.69, 9.17) is 15.6 Å². The van der Waals surface area contributed by atoms with Crippen molar-refractivity contribution < 1.29 is 19.7 Å². The van der Waals surface area contributed by atoms with Crippen molar-refractivity contribution in [1.82, 2.24) is 0 Å². The van der Waals surface area contributed by atoms with Crippen molar-refractivity contribution in [2.24, 2.45) is 5.73 Å². The smallest absolute Gasteiger partial charge is 0.312 e. The Morgan fingerprint density at radius 2 is 2.25 bits per heavy atom. The summed E-state index contributed by atoms with van der Waals surface area (Å²) in [5.41, 5.74) is 7.51. The van der Waals surface area contributed by atoms with E-state index in [1.807, 2.05) is 0 Å². The summed E-state index contributed by atoms with van der Waals surface area (Å²) in [6.45, 7) is 0.752. The third-order valence-electron chi connectivity index (χ3n) is 2.82. The second-order valence-electron chi connectivity index (χ2n) is 3.76. The van der Waals surface area contributed by atoms with Crippen molar-refractivity contribution in [1.29, 1.82) is 0 Å². The SMILES string of the molecule is NCC(C(=O)O)c1c(O)ccc2c1COC2. The Morgan fingerprint density at radius 1 is 1.50 bits per heavy atom. The average Bonchev–Trinajstić information content (AvgIpc) is 2.69. The third kappa shape index (κ3) is 1.64. The number of fused-ring (bicyclic) bond motifs is 1. The number of hydrogen-bond acceptors (Lipinski definition) is 4. The van der Waals surface area contributed by atoms with Gasteiger partial charge in [0.15, 0.2) is 0 Å². The number of aromatic hydroxyl groups is 1. The molecule has 2 rings (SSSR count). The summed E-state index contributed by atoms with van der Waals surface area (Å²) >= 11 is 0. The van der Waals surface area contributed by atoms with Gasteiger partial charge in [0.1, 0.15) is 5.75 Å². The van der Waals surface area contributed by atoms with Crippen LogP contribution in [0.15, 0.2) is 12.1 Å². The van der Waals surface area contributed by atoms with Crippen LogP contribution >= 0.6 is 0 Å². The van der Waals surface area contributed by atoms with Crippen LogP contribution < -0.4 is 5.73 Å². The van der Waals surface area contributed by atoms with Gasteiger partial charge in [0, 0.05) is 12.1 Å². The van der Waals surface area contributed by atoms with Crippen LogP contribution in [-0.4, -0.2) is 22.7 Å². The zero-order valence-corrected chi connectivity index (χ0v) is 8.64. The molecule has 5 nitrogen and oxygen atoms in total. The average molecular weight is 223 g/mol. The number of ether oxygens (including phenoxy) is 1. The number of benzene rings is 1. The molecule has 0 radical (unpaired) electrons. The van der Waals surface area contributed by atoms with Crippen LogP contribution in [0.1, 0.15) is 22.6 Å². The molecule has 86 valence electrons. The zero-order chi connectivity index (χ0) is 11.7. The van der Waals surface area contributed by atoms with Crippen molar-refractivity contribution in [2.75, 3.05) is 6.54 Å². The van der Waals surface area contributed by atoms with Crippen molar-refractivity contribution in [3.8, 4) is 5.75 Å². The van der Waals surface area contributed by atoms with Crippen molar-refractivity contribution in [3.05, 3.63) is 28.8 Å². The van der Waals surface area contributed by atoms with Gasteiger partial charge in [-0.05, 0) is 17.2 Å². The van der Waals surface area contributed by atoms with Gasteiger partial charge in [-0.2, -0.15) is 0 Å². The Labute approximate surface area is 92.5 Å². The molecule has 0 spiro atoms. The molecule has 0 amide bonds. The first-order valence-corrected chi connectivity index (χ1v) is 4.99. The number of aliphatic carboxylic acids is 1. The first kappa shape index (κ1) is 10.9. The van der Waals surface area contributed by atoms with Gasteiger partial charge >= 0.3 is 5.97 Å². The molecule has 1 aromatic rings. The maximum Gasteiger partial charge on any atom is 0.312 e. The lowest BCUT2D eigenvalue weighted by Gasteiger charge is -2.15. The minimum absolute atomic E-state index is 0.0258. The normalized spacial score (nSPS) is 15.8. The number of hydrogen-bond donors (Lipinski definition) is 3. The summed E-state index contributed by atoms with van der Waals surface area (Å²) in [5, 5.41) is 18.8. The van der Waals surface area contributed by atoms with Crippen LogP contribution in [0.4, 0.5) is 0 Å². The molecule has 0 aromatic heterocycles. The summed E-state index contributed by atoms with van der Waals surface area (Å²) in [7, 11) is 0. The number of rotatable bonds is 3. The van der Waals surface area contributed by atoms with Crippen molar-refractivity contribution in [2.45, 2.75) is 19.1 Å². The van der Waals surface area contributed by atoms with E-state index in [-0.39, 0.29) is 12.3 Å². The standard InChI is InChI=1S/C11H13NO4/c12-3-7(11(14)15)10-8-5-16-4-6(8)1-2-9(10)13/h1-2,7,13H,3-5,12H2,(H,14,15). The second kappa shape index (κ2) is 4.11. The Kier molecular flexibility index (Phi) is 2.80. The lowest BCUT2D eigenvalue weighted by Crippen LogP contribution is -2.22. The van der Waals surface area contributed by atoms with E-state index in [1.165, 1.54) is 6.07 Å². The van der Waals surface area contributed by atoms with Gasteiger partial charge in [-0.3, -0.25) is 4.79 Å². The van der Waals surface area contributed by atoms with E-state index >= 15 is 0 Å². The Balaban J connectivity index is 2.54. The summed E-state index contributed by atoms with van der Waals surface area (Å²) in [6, 6.07) is 3.24. The summed E-state index contributed by atoms with van der Waals surface area (Å²) < 4.78 is 5.24. The van der Waals surface area contributed by atoms with Gasteiger partial charge in [-0.1, -0.05) is 6.07 Å². The molecule has 0 fully saturated rings. The number of carbonyl (C=O) groups is 1. The third-order valence-corrected chi connectivity index (χ3v) is 2.82. The number of phenols is 1. The number of nitrogens with two attached hydrogens (primary N) is 1. The van der Waals surface area contributed by atoms with Gasteiger partial charge in [0.2, 0.25) is 0 Å². The lowest BCUT2D eigenvalue weighted by atomic mass is 9.91. The topological polar surface area (TPSA) is 92.8 Å². The molecule has 4 N–H and O–H groups in total. The fourth-order valence-corrected chi connectivity index (χ4v) is 2.00. The first-order valence-electron chi connectivity index (χ1n) is 4.99. The van der Waals surface area contributed by atoms with Gasteiger partial charge in [0.25, 0.3) is 0 Å². The Hall–Kier alpha value is -1.59. The second-order valence-corrected chi connectivity index (χ2v) is 3.76. The highest BCUT2D eigenvalue weighted by Gasteiger charge is 2.28. The summed E-state index contributed by atoms with van der Waals surface area (Å²) in [5.74, 6) is -1.93. The van der Waals surface area contributed by atoms with Gasteiger partial charge in [0.05, 0.1) is 19.1 Å². The van der Waals surface area contributed by atoms with Crippen LogP contribution in [0.3, 0.4) is 0 Å². The van der Waals surface area contributed by atoms with Crippen LogP contribution in [0.5, 0.6) is 5.75 Å². The highest BCUT2D eigenvalue weighted by Crippen LogP contribution is 2.35. The van der Waals surface area contributed by atoms with Crippen LogP contribution in [-0.2, 0) is 22.7 Å². The van der Waals surface area contributed by atoms with Crippen molar-refractivity contribution >= 4 is 5.97 Å². The predicted octanol–water partition coefficient (Wildman–Crippen LogP) is 0.549. The lowest BCUT2D eigenvalue weighted by molar-refractivity contribution is -0.138. The van der Waals surface area contributed by atoms with E-state index in [2.05, 4.69) is 0 Å². The Bertz CT molecular complexity index is 430. The van der Waals surface area contributed by atoms with Crippen LogP contribution in [0.2, 0.25) is 0 Å². The molecule has 16 heavy (non-hydrogen) atoms. The maximum atomic E-state index is 11.1. The molecule has 1 heterocycles. The first-order chi connectivity index (χ1) is 7.65. The number of carboxylic acid groups (broad SMARTS) is 1. The fourth-order valence-electron chi connectivity index (χ4n) is 2.00. The maximum absolute atomic E-state index is 11.1.